The second kappa shape index (κ2) is 16.8. The SMILES string of the molecule is CCOC[C@@H](CC(C)C)NC(=O)[C@H]1C[C@@H](C(=O)N(CC)c2ccc3c(c2)N(CCCOC)C(=O)C(C)(C)O3)CN(C(=O)OC(C)(C)C)C1. The molecule has 0 unspecified atom stereocenters. The first kappa shape index (κ1) is 39.1. The van der Waals surface area contributed by atoms with E-state index >= 15 is 0 Å². The molecule has 4 amide bonds. The third-order valence-corrected chi connectivity index (χ3v) is 8.43. The Morgan fingerprint density at radius 3 is 2.42 bits per heavy atom. The summed E-state index contributed by atoms with van der Waals surface area (Å²) in [4.78, 5) is 59.7. The maximum Gasteiger partial charge on any atom is 0.410 e. The van der Waals surface area contributed by atoms with Crippen LogP contribution in [0, 0.1) is 17.8 Å². The van der Waals surface area contributed by atoms with Crippen LogP contribution in [0.2, 0.25) is 0 Å². The number of fused-ring (bicyclic) bond motifs is 1. The van der Waals surface area contributed by atoms with Gasteiger partial charge < -0.3 is 39.0 Å². The number of amides is 4. The van der Waals surface area contributed by atoms with Crippen molar-refractivity contribution in [3.63, 3.8) is 0 Å². The molecule has 3 rings (SSSR count). The molecule has 0 radical (unpaired) electrons. The van der Waals surface area contributed by atoms with Gasteiger partial charge in [-0.2, -0.15) is 0 Å². The van der Waals surface area contributed by atoms with Crippen LogP contribution in [0.25, 0.3) is 0 Å². The summed E-state index contributed by atoms with van der Waals surface area (Å²) in [6, 6.07) is 5.21. The molecule has 3 atom stereocenters. The van der Waals surface area contributed by atoms with Gasteiger partial charge in [0.25, 0.3) is 5.91 Å². The maximum atomic E-state index is 14.4. The van der Waals surface area contributed by atoms with E-state index in [0.29, 0.717) is 62.4 Å². The summed E-state index contributed by atoms with van der Waals surface area (Å²) in [5, 5.41) is 3.14. The van der Waals surface area contributed by atoms with Crippen molar-refractivity contribution in [3.8, 4) is 5.75 Å². The van der Waals surface area contributed by atoms with Crippen molar-refractivity contribution in [2.24, 2.45) is 17.8 Å². The molecule has 2 aliphatic rings. The molecule has 12 heteroatoms. The fourth-order valence-electron chi connectivity index (χ4n) is 6.26. The molecule has 0 aromatic heterocycles. The molecule has 1 N–H and O–H groups in total. The van der Waals surface area contributed by atoms with E-state index in [4.69, 9.17) is 18.9 Å². The highest BCUT2D eigenvalue weighted by molar-refractivity contribution is 6.04. The monoisotopic (exact) mass is 674 g/mol. The van der Waals surface area contributed by atoms with Gasteiger partial charge in [0.15, 0.2) is 5.60 Å². The Morgan fingerprint density at radius 2 is 1.81 bits per heavy atom. The normalized spacial score (nSPS) is 19.8. The van der Waals surface area contributed by atoms with Crippen molar-refractivity contribution in [1.82, 2.24) is 10.2 Å². The molecule has 48 heavy (non-hydrogen) atoms. The molecule has 0 saturated carbocycles. The Labute approximate surface area is 286 Å². The number of rotatable bonds is 14. The Balaban J connectivity index is 1.92. The minimum absolute atomic E-state index is 0.117. The van der Waals surface area contributed by atoms with E-state index in [-0.39, 0.29) is 43.3 Å². The molecule has 0 aliphatic carbocycles. The fraction of sp³-hybridized carbons (Fsp3) is 0.722. The van der Waals surface area contributed by atoms with Crippen molar-refractivity contribution in [2.75, 3.05) is 62.9 Å². The van der Waals surface area contributed by atoms with Crippen LogP contribution in [-0.2, 0) is 28.6 Å². The molecule has 1 saturated heterocycles. The zero-order chi connectivity index (χ0) is 35.8. The number of piperidine rings is 1. The lowest BCUT2D eigenvalue weighted by molar-refractivity contribution is -0.133. The summed E-state index contributed by atoms with van der Waals surface area (Å²) in [5.74, 6) is -0.998. The second-order valence-corrected chi connectivity index (χ2v) is 14.7. The number of hydrogen-bond acceptors (Lipinski definition) is 8. The first-order chi connectivity index (χ1) is 22.5. The van der Waals surface area contributed by atoms with Gasteiger partial charge >= 0.3 is 6.09 Å². The van der Waals surface area contributed by atoms with Crippen LogP contribution in [-0.4, -0.2) is 99.1 Å². The van der Waals surface area contributed by atoms with Crippen LogP contribution in [0.3, 0.4) is 0 Å². The quantitative estimate of drug-likeness (QED) is 0.273. The number of anilines is 2. The first-order valence-corrected chi connectivity index (χ1v) is 17.3. The molecule has 2 heterocycles. The number of carbonyl (C=O) groups is 4. The summed E-state index contributed by atoms with van der Waals surface area (Å²) in [6.45, 7) is 19.3. The van der Waals surface area contributed by atoms with Gasteiger partial charge in [0.1, 0.15) is 11.4 Å². The number of ether oxygens (including phenoxy) is 4. The van der Waals surface area contributed by atoms with Crippen molar-refractivity contribution in [1.29, 1.82) is 0 Å². The lowest BCUT2D eigenvalue weighted by Crippen LogP contribution is -2.54. The topological polar surface area (TPSA) is 127 Å². The van der Waals surface area contributed by atoms with E-state index in [0.717, 1.165) is 6.42 Å². The third kappa shape index (κ3) is 10.3. The van der Waals surface area contributed by atoms with Crippen LogP contribution < -0.4 is 19.9 Å². The lowest BCUT2D eigenvalue weighted by Gasteiger charge is -2.40. The highest BCUT2D eigenvalue weighted by Gasteiger charge is 2.43. The van der Waals surface area contributed by atoms with Crippen molar-refractivity contribution in [3.05, 3.63) is 18.2 Å². The minimum atomic E-state index is -1.04. The Kier molecular flexibility index (Phi) is 13.7. The van der Waals surface area contributed by atoms with Gasteiger partial charge in [-0.05, 0) is 91.8 Å². The average Bonchev–Trinajstić information content (AvgIpc) is 3.00. The highest BCUT2D eigenvalue weighted by Crippen LogP contribution is 2.41. The number of benzene rings is 1. The molecule has 0 bridgehead atoms. The number of hydrogen-bond donors (Lipinski definition) is 1. The van der Waals surface area contributed by atoms with E-state index in [2.05, 4.69) is 19.2 Å². The number of nitrogens with one attached hydrogen (secondary N) is 1. The summed E-state index contributed by atoms with van der Waals surface area (Å²) >= 11 is 0. The van der Waals surface area contributed by atoms with Gasteiger partial charge in [0, 0.05) is 52.2 Å². The fourth-order valence-corrected chi connectivity index (χ4v) is 6.26. The predicted octanol–water partition coefficient (Wildman–Crippen LogP) is 5.02. The highest BCUT2D eigenvalue weighted by atomic mass is 16.6. The summed E-state index contributed by atoms with van der Waals surface area (Å²) in [6.07, 6.45) is 1.08. The summed E-state index contributed by atoms with van der Waals surface area (Å²) < 4.78 is 22.6. The minimum Gasteiger partial charge on any atom is -0.476 e. The summed E-state index contributed by atoms with van der Waals surface area (Å²) in [7, 11) is 1.62. The first-order valence-electron chi connectivity index (χ1n) is 17.3. The van der Waals surface area contributed by atoms with Crippen molar-refractivity contribution in [2.45, 2.75) is 98.8 Å². The van der Waals surface area contributed by atoms with E-state index in [1.165, 1.54) is 4.90 Å². The van der Waals surface area contributed by atoms with Gasteiger partial charge in [-0.3, -0.25) is 14.4 Å². The zero-order valence-corrected chi connectivity index (χ0v) is 30.7. The Bertz CT molecular complexity index is 1280. The van der Waals surface area contributed by atoms with Crippen LogP contribution in [0.4, 0.5) is 16.2 Å². The van der Waals surface area contributed by atoms with Gasteiger partial charge in [-0.15, -0.1) is 0 Å². The van der Waals surface area contributed by atoms with Gasteiger partial charge in [0.05, 0.1) is 30.2 Å². The number of methoxy groups -OCH3 is 1. The smallest absolute Gasteiger partial charge is 0.410 e. The maximum absolute atomic E-state index is 14.4. The molecule has 12 nitrogen and oxygen atoms in total. The van der Waals surface area contributed by atoms with Gasteiger partial charge in [-0.1, -0.05) is 13.8 Å². The average molecular weight is 675 g/mol. The van der Waals surface area contributed by atoms with E-state index < -0.39 is 29.1 Å². The van der Waals surface area contributed by atoms with E-state index in [1.54, 1.807) is 63.7 Å². The molecular weight excluding hydrogens is 616 g/mol. The van der Waals surface area contributed by atoms with Crippen molar-refractivity contribution >= 4 is 35.2 Å². The second-order valence-electron chi connectivity index (χ2n) is 14.7. The zero-order valence-electron chi connectivity index (χ0n) is 30.7. The standard InChI is InChI=1S/C36H58N4O8/c1-11-39(28-14-15-30-29(20-28)40(16-13-17-45-10)33(43)36(8,9)47-30)32(42)26-19-25(21-38(22-26)34(44)48-35(5,6)7)31(41)37-27(18-24(3)4)23-46-12-2/h14-15,20,24-27H,11-13,16-19,21-23H2,1-10H3,(H,37,41)/t25-,26+,27+/m0/s1. The Morgan fingerprint density at radius 1 is 1.12 bits per heavy atom. The molecular formula is C36H58N4O8. The van der Waals surface area contributed by atoms with Crippen LogP contribution in [0.5, 0.6) is 5.75 Å². The number of likely N-dealkylation sites (tertiary alicyclic amines) is 1. The Hall–Kier alpha value is -3.38. The van der Waals surface area contributed by atoms with Crippen LogP contribution >= 0.6 is 0 Å². The largest absolute Gasteiger partial charge is 0.476 e. The predicted molar refractivity (Wildman–Crippen MR) is 185 cm³/mol. The summed E-state index contributed by atoms with van der Waals surface area (Å²) in [5.41, 5.74) is -0.603. The number of nitrogens with zero attached hydrogens (tertiary/aromatic N) is 3. The molecule has 1 fully saturated rings. The van der Waals surface area contributed by atoms with Gasteiger partial charge in [0.2, 0.25) is 11.8 Å². The van der Waals surface area contributed by atoms with Gasteiger partial charge in [-0.25, -0.2) is 4.79 Å². The molecule has 0 spiro atoms. The van der Waals surface area contributed by atoms with E-state index in [9.17, 15) is 19.2 Å². The molecule has 1 aromatic rings. The molecule has 1 aromatic carbocycles. The van der Waals surface area contributed by atoms with Crippen LogP contribution in [0.1, 0.15) is 81.6 Å². The van der Waals surface area contributed by atoms with E-state index in [1.807, 2.05) is 19.9 Å². The van der Waals surface area contributed by atoms with Crippen molar-refractivity contribution < 1.29 is 38.1 Å². The number of carbonyl (C=O) groups excluding carboxylic acids is 4. The van der Waals surface area contributed by atoms with Crippen LogP contribution in [0.15, 0.2) is 18.2 Å². The molecule has 270 valence electrons. The third-order valence-electron chi connectivity index (χ3n) is 8.43. The molecule has 2 aliphatic heterocycles. The lowest BCUT2D eigenvalue weighted by atomic mass is 9.87.